The third kappa shape index (κ3) is 4.71. The summed E-state index contributed by atoms with van der Waals surface area (Å²) in [5, 5.41) is 14.6. The van der Waals surface area contributed by atoms with Crippen molar-refractivity contribution in [3.8, 4) is 5.75 Å². The molecule has 0 spiro atoms. The van der Waals surface area contributed by atoms with E-state index in [2.05, 4.69) is 5.10 Å². The van der Waals surface area contributed by atoms with E-state index in [1.165, 1.54) is 22.9 Å². The van der Waals surface area contributed by atoms with Crippen molar-refractivity contribution in [3.05, 3.63) is 54.0 Å². The number of fused-ring (bicyclic) bond motifs is 1. The van der Waals surface area contributed by atoms with Gasteiger partial charge in [0, 0.05) is 18.5 Å². The predicted molar refractivity (Wildman–Crippen MR) is 132 cm³/mol. The fourth-order valence-electron chi connectivity index (χ4n) is 5.40. The molecule has 1 N–H and O–H groups in total. The SMILES string of the molecule is CCOc1ccc(S(=O)(=O)N2C[C@@H](CC3CCC3)[C@@H](n3nc(CC(=O)O)c4ccc(F)cc43)C2)cc1. The number of ether oxygens (including phenoxy) is 1. The van der Waals surface area contributed by atoms with Crippen molar-refractivity contribution in [2.45, 2.75) is 50.0 Å². The molecule has 3 aromatic rings. The third-order valence-electron chi connectivity index (χ3n) is 7.39. The Bertz CT molecular complexity index is 1370. The smallest absolute Gasteiger partial charge is 0.309 e. The molecule has 0 unspecified atom stereocenters. The Kier molecular flexibility index (Phi) is 6.74. The molecule has 2 atom stereocenters. The summed E-state index contributed by atoms with van der Waals surface area (Å²) in [6.45, 7) is 2.88. The van der Waals surface area contributed by atoms with Crippen LogP contribution >= 0.6 is 0 Å². The summed E-state index contributed by atoms with van der Waals surface area (Å²) in [7, 11) is -3.77. The number of hydrogen-bond acceptors (Lipinski definition) is 5. The Labute approximate surface area is 209 Å². The first kappa shape index (κ1) is 24.7. The van der Waals surface area contributed by atoms with E-state index in [1.54, 1.807) is 35.0 Å². The number of carboxylic acid groups (broad SMARTS) is 1. The van der Waals surface area contributed by atoms with Crippen LogP contribution in [-0.2, 0) is 21.2 Å². The lowest BCUT2D eigenvalue weighted by molar-refractivity contribution is -0.136. The van der Waals surface area contributed by atoms with E-state index in [1.807, 2.05) is 6.92 Å². The summed E-state index contributed by atoms with van der Waals surface area (Å²) < 4.78 is 50.0. The van der Waals surface area contributed by atoms with Crippen LogP contribution in [0.1, 0.15) is 44.3 Å². The van der Waals surface area contributed by atoms with E-state index in [0.29, 0.717) is 41.4 Å². The molecule has 8 nitrogen and oxygen atoms in total. The molecule has 1 saturated heterocycles. The third-order valence-corrected chi connectivity index (χ3v) is 9.23. The maximum Gasteiger partial charge on any atom is 0.309 e. The largest absolute Gasteiger partial charge is 0.494 e. The summed E-state index contributed by atoms with van der Waals surface area (Å²) in [6.07, 6.45) is 3.98. The number of hydrogen-bond donors (Lipinski definition) is 1. The number of sulfonamides is 1. The lowest BCUT2D eigenvalue weighted by Gasteiger charge is -2.30. The number of aliphatic carboxylic acids is 1. The molecule has 0 bridgehead atoms. The first-order valence-corrected chi connectivity index (χ1v) is 13.8. The van der Waals surface area contributed by atoms with Crippen molar-refractivity contribution in [1.29, 1.82) is 0 Å². The molecule has 36 heavy (non-hydrogen) atoms. The van der Waals surface area contributed by atoms with Crippen LogP contribution in [0.4, 0.5) is 4.39 Å². The van der Waals surface area contributed by atoms with E-state index in [0.717, 1.165) is 19.3 Å². The van der Waals surface area contributed by atoms with E-state index < -0.39 is 21.8 Å². The van der Waals surface area contributed by atoms with Gasteiger partial charge in [0.15, 0.2) is 0 Å². The van der Waals surface area contributed by atoms with Gasteiger partial charge in [-0.2, -0.15) is 9.40 Å². The fraction of sp³-hybridized carbons (Fsp3) is 0.462. The number of aromatic nitrogens is 2. The molecule has 2 aliphatic rings. The van der Waals surface area contributed by atoms with Gasteiger partial charge in [-0.1, -0.05) is 19.3 Å². The normalized spacial score (nSPS) is 21.1. The minimum absolute atomic E-state index is 0.0168. The predicted octanol–water partition coefficient (Wildman–Crippen LogP) is 4.25. The molecule has 1 aliphatic heterocycles. The van der Waals surface area contributed by atoms with Crippen molar-refractivity contribution in [2.75, 3.05) is 19.7 Å². The zero-order valence-electron chi connectivity index (χ0n) is 20.1. The molecule has 2 fully saturated rings. The van der Waals surface area contributed by atoms with Gasteiger partial charge in [-0.15, -0.1) is 0 Å². The molecule has 5 rings (SSSR count). The number of nitrogens with zero attached hydrogens (tertiary/aromatic N) is 3. The van der Waals surface area contributed by atoms with E-state index in [4.69, 9.17) is 4.74 Å². The summed E-state index contributed by atoms with van der Waals surface area (Å²) >= 11 is 0. The summed E-state index contributed by atoms with van der Waals surface area (Å²) in [4.78, 5) is 11.6. The minimum atomic E-state index is -3.77. The number of rotatable bonds is 9. The maximum atomic E-state index is 14.2. The average molecular weight is 516 g/mol. The van der Waals surface area contributed by atoms with Crippen LogP contribution in [0.2, 0.25) is 0 Å². The van der Waals surface area contributed by atoms with Crippen LogP contribution in [-0.4, -0.2) is 53.3 Å². The Morgan fingerprint density at radius 3 is 2.56 bits per heavy atom. The van der Waals surface area contributed by atoms with Gasteiger partial charge < -0.3 is 9.84 Å². The molecular weight excluding hydrogens is 485 g/mol. The molecule has 1 saturated carbocycles. The Morgan fingerprint density at radius 2 is 1.92 bits per heavy atom. The molecule has 1 aromatic heterocycles. The topological polar surface area (TPSA) is 102 Å². The van der Waals surface area contributed by atoms with Gasteiger partial charge in [-0.25, -0.2) is 12.8 Å². The van der Waals surface area contributed by atoms with Gasteiger partial charge >= 0.3 is 5.97 Å². The quantitative estimate of drug-likeness (QED) is 0.457. The highest BCUT2D eigenvalue weighted by Gasteiger charge is 2.42. The Morgan fingerprint density at radius 1 is 1.17 bits per heavy atom. The van der Waals surface area contributed by atoms with E-state index in [-0.39, 0.29) is 29.8 Å². The second-order valence-corrected chi connectivity index (χ2v) is 11.6. The number of carboxylic acids is 1. The number of benzene rings is 2. The van der Waals surface area contributed by atoms with Crippen molar-refractivity contribution in [3.63, 3.8) is 0 Å². The molecule has 192 valence electrons. The van der Waals surface area contributed by atoms with Gasteiger partial charge in [-0.05, 0) is 67.6 Å². The van der Waals surface area contributed by atoms with Crippen molar-refractivity contribution in [1.82, 2.24) is 14.1 Å². The summed E-state index contributed by atoms with van der Waals surface area (Å²) in [5.74, 6) is -0.352. The van der Waals surface area contributed by atoms with Crippen LogP contribution < -0.4 is 4.74 Å². The number of carbonyl (C=O) groups is 1. The maximum absolute atomic E-state index is 14.2. The molecule has 2 aromatic carbocycles. The van der Waals surface area contributed by atoms with E-state index >= 15 is 0 Å². The summed E-state index contributed by atoms with van der Waals surface area (Å²) in [6, 6.07) is 10.3. The van der Waals surface area contributed by atoms with Crippen LogP contribution in [0.5, 0.6) is 5.75 Å². The Balaban J connectivity index is 1.51. The van der Waals surface area contributed by atoms with Gasteiger partial charge in [0.1, 0.15) is 11.6 Å². The summed E-state index contributed by atoms with van der Waals surface area (Å²) in [5.41, 5.74) is 0.850. The van der Waals surface area contributed by atoms with E-state index in [9.17, 15) is 22.7 Å². The minimum Gasteiger partial charge on any atom is -0.494 e. The first-order valence-electron chi connectivity index (χ1n) is 12.4. The van der Waals surface area contributed by atoms with Crippen LogP contribution in [0, 0.1) is 17.7 Å². The van der Waals surface area contributed by atoms with Crippen LogP contribution in [0.25, 0.3) is 10.9 Å². The van der Waals surface area contributed by atoms with Gasteiger partial charge in [-0.3, -0.25) is 9.48 Å². The van der Waals surface area contributed by atoms with Crippen LogP contribution in [0.15, 0.2) is 47.4 Å². The monoisotopic (exact) mass is 515 g/mol. The standard InChI is InChI=1S/C26H30FN3O5S/c1-2-35-20-7-9-21(10-8-20)36(33,34)29-15-18(12-17-4-3-5-17)25(16-29)30-24-13-19(27)6-11-22(24)23(28-30)14-26(31)32/h6-11,13,17-18,25H,2-5,12,14-16H2,1H3,(H,31,32)/t18-,25+/m1/s1. The highest BCUT2D eigenvalue weighted by molar-refractivity contribution is 7.89. The zero-order valence-corrected chi connectivity index (χ0v) is 21.0. The zero-order chi connectivity index (χ0) is 25.4. The second kappa shape index (κ2) is 9.82. The van der Waals surface area contributed by atoms with Gasteiger partial charge in [0.2, 0.25) is 10.0 Å². The molecular formula is C26H30FN3O5S. The van der Waals surface area contributed by atoms with Crippen LogP contribution in [0.3, 0.4) is 0 Å². The second-order valence-electron chi connectivity index (χ2n) is 9.71. The molecule has 0 amide bonds. The molecule has 2 heterocycles. The highest BCUT2D eigenvalue weighted by Crippen LogP contribution is 2.42. The molecule has 10 heteroatoms. The van der Waals surface area contributed by atoms with Crippen molar-refractivity contribution >= 4 is 26.9 Å². The fourth-order valence-corrected chi connectivity index (χ4v) is 6.92. The van der Waals surface area contributed by atoms with Crippen molar-refractivity contribution < 1.29 is 27.4 Å². The lowest BCUT2D eigenvalue weighted by Crippen LogP contribution is -2.29. The van der Waals surface area contributed by atoms with Gasteiger partial charge in [0.05, 0.1) is 35.2 Å². The molecule has 1 aliphatic carbocycles. The Hall–Kier alpha value is -2.98. The highest BCUT2D eigenvalue weighted by atomic mass is 32.2. The molecule has 0 radical (unpaired) electrons. The number of halogens is 1. The van der Waals surface area contributed by atoms with Crippen molar-refractivity contribution in [2.24, 2.45) is 11.8 Å². The van der Waals surface area contributed by atoms with Gasteiger partial charge in [0.25, 0.3) is 0 Å². The lowest BCUT2D eigenvalue weighted by atomic mass is 9.78. The average Bonchev–Trinajstić information content (AvgIpc) is 3.38. The first-order chi connectivity index (χ1) is 17.3.